The zero-order valence-corrected chi connectivity index (χ0v) is 13.0. The van der Waals surface area contributed by atoms with Crippen molar-refractivity contribution < 1.29 is 18.0 Å². The van der Waals surface area contributed by atoms with Crippen molar-refractivity contribution in [2.24, 2.45) is 0 Å². The number of nitrogens with zero attached hydrogens (tertiary/aromatic N) is 1. The molecule has 0 atom stereocenters. The first-order chi connectivity index (χ1) is 10.7. The van der Waals surface area contributed by atoms with E-state index in [9.17, 15) is 18.0 Å². The van der Waals surface area contributed by atoms with E-state index < -0.39 is 17.6 Å². The Balaban J connectivity index is 2.37. The van der Waals surface area contributed by atoms with E-state index in [0.29, 0.717) is 11.3 Å². The molecule has 0 aromatic heterocycles. The van der Waals surface area contributed by atoms with E-state index in [2.05, 4.69) is 5.32 Å². The number of anilines is 2. The molecule has 0 aliphatic heterocycles. The van der Waals surface area contributed by atoms with Crippen molar-refractivity contribution in [2.45, 2.75) is 13.1 Å². The SMILES string of the molecule is Cc1cccc(C(=O)Nc2ccc(N(C)C)cc2C(F)(F)F)c1. The van der Waals surface area contributed by atoms with Gasteiger partial charge in [-0.15, -0.1) is 0 Å². The van der Waals surface area contributed by atoms with Gasteiger partial charge in [0.25, 0.3) is 5.91 Å². The predicted octanol–water partition coefficient (Wildman–Crippen LogP) is 4.33. The Labute approximate surface area is 132 Å². The summed E-state index contributed by atoms with van der Waals surface area (Å²) in [4.78, 5) is 13.7. The molecule has 23 heavy (non-hydrogen) atoms. The number of carbonyl (C=O) groups is 1. The van der Waals surface area contributed by atoms with Crippen LogP contribution in [0.5, 0.6) is 0 Å². The van der Waals surface area contributed by atoms with Gasteiger partial charge in [-0.25, -0.2) is 0 Å². The van der Waals surface area contributed by atoms with Gasteiger partial charge < -0.3 is 10.2 Å². The summed E-state index contributed by atoms with van der Waals surface area (Å²) >= 11 is 0. The molecule has 2 aromatic carbocycles. The van der Waals surface area contributed by atoms with Gasteiger partial charge in [0.15, 0.2) is 0 Å². The van der Waals surface area contributed by atoms with Crippen molar-refractivity contribution >= 4 is 17.3 Å². The Morgan fingerprint density at radius 2 is 1.78 bits per heavy atom. The van der Waals surface area contributed by atoms with Gasteiger partial charge in [0.2, 0.25) is 0 Å². The van der Waals surface area contributed by atoms with Crippen molar-refractivity contribution in [3.8, 4) is 0 Å². The highest BCUT2D eigenvalue weighted by Crippen LogP contribution is 2.37. The average Bonchev–Trinajstić information content (AvgIpc) is 2.46. The molecule has 0 radical (unpaired) electrons. The highest BCUT2D eigenvalue weighted by atomic mass is 19.4. The minimum absolute atomic E-state index is 0.255. The highest BCUT2D eigenvalue weighted by Gasteiger charge is 2.34. The maximum Gasteiger partial charge on any atom is 0.418 e. The lowest BCUT2D eigenvalue weighted by Gasteiger charge is -2.18. The molecule has 1 amide bonds. The summed E-state index contributed by atoms with van der Waals surface area (Å²) in [5, 5.41) is 2.35. The Bertz CT molecular complexity index is 724. The van der Waals surface area contributed by atoms with Crippen molar-refractivity contribution in [1.29, 1.82) is 0 Å². The molecule has 0 aliphatic carbocycles. The van der Waals surface area contributed by atoms with Gasteiger partial charge >= 0.3 is 6.18 Å². The van der Waals surface area contributed by atoms with Crippen molar-refractivity contribution in [2.75, 3.05) is 24.3 Å². The maximum absolute atomic E-state index is 13.2. The van der Waals surface area contributed by atoms with Crippen LogP contribution in [-0.4, -0.2) is 20.0 Å². The fraction of sp³-hybridized carbons (Fsp3) is 0.235. The molecule has 0 fully saturated rings. The molecule has 122 valence electrons. The van der Waals surface area contributed by atoms with Gasteiger partial charge in [0.1, 0.15) is 0 Å². The summed E-state index contributed by atoms with van der Waals surface area (Å²) in [5.74, 6) is -0.572. The van der Waals surface area contributed by atoms with Crippen LogP contribution in [0.25, 0.3) is 0 Å². The van der Waals surface area contributed by atoms with Crippen LogP contribution in [0.1, 0.15) is 21.5 Å². The van der Waals surface area contributed by atoms with Gasteiger partial charge in [-0.05, 0) is 37.3 Å². The zero-order chi connectivity index (χ0) is 17.2. The number of halogens is 3. The number of aryl methyl sites for hydroxylation is 1. The minimum atomic E-state index is -4.55. The second-order valence-corrected chi connectivity index (χ2v) is 5.45. The van der Waals surface area contributed by atoms with Crippen LogP contribution in [0.15, 0.2) is 42.5 Å². The van der Waals surface area contributed by atoms with Crippen LogP contribution in [0.2, 0.25) is 0 Å². The van der Waals surface area contributed by atoms with Crippen molar-refractivity contribution in [3.05, 3.63) is 59.2 Å². The molecule has 2 rings (SSSR count). The Hall–Kier alpha value is -2.50. The molecule has 0 bridgehead atoms. The molecule has 3 nitrogen and oxygen atoms in total. The molecule has 2 aromatic rings. The zero-order valence-electron chi connectivity index (χ0n) is 13.0. The summed E-state index contributed by atoms with van der Waals surface area (Å²) in [5.41, 5.74) is 0.455. The number of carbonyl (C=O) groups excluding carboxylic acids is 1. The average molecular weight is 322 g/mol. The summed E-state index contributed by atoms with van der Waals surface area (Å²) in [6.07, 6.45) is -4.55. The van der Waals surface area contributed by atoms with Gasteiger partial charge in [-0.2, -0.15) is 13.2 Å². The largest absolute Gasteiger partial charge is 0.418 e. The summed E-state index contributed by atoms with van der Waals surface area (Å²) in [7, 11) is 3.31. The van der Waals surface area contributed by atoms with Crippen LogP contribution in [0, 0.1) is 6.92 Å². The molecule has 6 heteroatoms. The van der Waals surface area contributed by atoms with E-state index in [4.69, 9.17) is 0 Å². The third-order valence-electron chi connectivity index (χ3n) is 3.35. The number of rotatable bonds is 3. The second kappa shape index (κ2) is 6.32. The molecular formula is C17H17F3N2O. The standard InChI is InChI=1S/C17H17F3N2O/c1-11-5-4-6-12(9-11)16(23)21-15-8-7-13(22(2)3)10-14(15)17(18,19)20/h4-10H,1-3H3,(H,21,23). The van der Waals surface area contributed by atoms with E-state index in [1.54, 1.807) is 37.2 Å². The first-order valence-electron chi connectivity index (χ1n) is 6.95. The van der Waals surface area contributed by atoms with Gasteiger partial charge in [-0.1, -0.05) is 17.7 Å². The van der Waals surface area contributed by atoms with Gasteiger partial charge in [0.05, 0.1) is 11.3 Å². The number of alkyl halides is 3. The lowest BCUT2D eigenvalue weighted by atomic mass is 10.1. The first-order valence-corrected chi connectivity index (χ1v) is 6.95. The predicted molar refractivity (Wildman–Crippen MR) is 84.9 cm³/mol. The third kappa shape index (κ3) is 4.03. The van der Waals surface area contributed by atoms with Crippen LogP contribution < -0.4 is 10.2 Å². The number of hydrogen-bond acceptors (Lipinski definition) is 2. The maximum atomic E-state index is 13.2. The second-order valence-electron chi connectivity index (χ2n) is 5.45. The smallest absolute Gasteiger partial charge is 0.378 e. The van der Waals surface area contributed by atoms with E-state index in [1.165, 1.54) is 12.1 Å². The van der Waals surface area contributed by atoms with Crippen LogP contribution in [-0.2, 0) is 6.18 Å². The van der Waals surface area contributed by atoms with E-state index >= 15 is 0 Å². The van der Waals surface area contributed by atoms with Crippen LogP contribution in [0.4, 0.5) is 24.5 Å². The van der Waals surface area contributed by atoms with Gasteiger partial charge in [0, 0.05) is 25.3 Å². The molecule has 0 spiro atoms. The van der Waals surface area contributed by atoms with Crippen LogP contribution >= 0.6 is 0 Å². The van der Waals surface area contributed by atoms with Crippen molar-refractivity contribution in [1.82, 2.24) is 0 Å². The lowest BCUT2D eigenvalue weighted by molar-refractivity contribution is -0.136. The topological polar surface area (TPSA) is 32.3 Å². The summed E-state index contributed by atoms with van der Waals surface area (Å²) in [6, 6.07) is 10.5. The first kappa shape index (κ1) is 16.9. The normalized spacial score (nSPS) is 11.2. The lowest BCUT2D eigenvalue weighted by Crippen LogP contribution is -2.18. The van der Waals surface area contributed by atoms with E-state index in [1.807, 2.05) is 13.0 Å². The summed E-state index contributed by atoms with van der Waals surface area (Å²) in [6.45, 7) is 1.81. The van der Waals surface area contributed by atoms with Gasteiger partial charge in [-0.3, -0.25) is 4.79 Å². The van der Waals surface area contributed by atoms with Crippen molar-refractivity contribution in [3.63, 3.8) is 0 Å². The molecule has 0 unspecified atom stereocenters. The van der Waals surface area contributed by atoms with E-state index in [0.717, 1.165) is 11.6 Å². The highest BCUT2D eigenvalue weighted by molar-refractivity contribution is 6.04. The Kier molecular flexibility index (Phi) is 4.63. The Morgan fingerprint density at radius 1 is 1.09 bits per heavy atom. The number of amides is 1. The number of nitrogens with one attached hydrogen (secondary N) is 1. The summed E-state index contributed by atoms with van der Waals surface area (Å²) < 4.78 is 39.7. The molecular weight excluding hydrogens is 305 g/mol. The fourth-order valence-electron chi connectivity index (χ4n) is 2.13. The quantitative estimate of drug-likeness (QED) is 0.912. The van der Waals surface area contributed by atoms with Crippen LogP contribution in [0.3, 0.4) is 0 Å². The van der Waals surface area contributed by atoms with E-state index in [-0.39, 0.29) is 5.69 Å². The minimum Gasteiger partial charge on any atom is -0.378 e. The molecule has 0 saturated heterocycles. The fourth-order valence-corrected chi connectivity index (χ4v) is 2.13. The molecule has 0 aliphatic rings. The Morgan fingerprint density at radius 3 is 2.35 bits per heavy atom. The third-order valence-corrected chi connectivity index (χ3v) is 3.35. The molecule has 0 heterocycles. The monoisotopic (exact) mass is 322 g/mol. The molecule has 1 N–H and O–H groups in total. The molecule has 0 saturated carbocycles. The number of hydrogen-bond donors (Lipinski definition) is 1. The number of benzene rings is 2.